The van der Waals surface area contributed by atoms with Crippen LogP contribution in [0.3, 0.4) is 0 Å². The maximum atomic E-state index is 10.7. The Hall–Kier alpha value is -0.890. The molecule has 0 heterocycles. The number of carbonyl (C=O) groups is 1. The Bertz CT molecular complexity index is 210. The number of nitrogens with one attached hydrogen (secondary N) is 1. The standard InChI is InChI=1S/C7H12N2O2S/c1-12(11)6-2-5-9-7(10)3-4-8/h2-3,5-6H2,1H3,(H,9,10). The van der Waals surface area contributed by atoms with Crippen molar-refractivity contribution in [3.05, 3.63) is 0 Å². The van der Waals surface area contributed by atoms with E-state index in [1.165, 1.54) is 0 Å². The molecule has 0 spiro atoms. The SMILES string of the molecule is CS(=O)CCCNC(=O)CC#N. The van der Waals surface area contributed by atoms with E-state index in [1.807, 2.05) is 0 Å². The molecule has 5 heteroatoms. The summed E-state index contributed by atoms with van der Waals surface area (Å²) in [6, 6.07) is 1.75. The van der Waals surface area contributed by atoms with E-state index in [1.54, 1.807) is 12.3 Å². The van der Waals surface area contributed by atoms with Crippen molar-refractivity contribution in [1.82, 2.24) is 5.32 Å². The first-order chi connectivity index (χ1) is 5.66. The summed E-state index contributed by atoms with van der Waals surface area (Å²) in [6.45, 7) is 0.500. The van der Waals surface area contributed by atoms with Crippen molar-refractivity contribution in [2.75, 3.05) is 18.6 Å². The van der Waals surface area contributed by atoms with Crippen LogP contribution < -0.4 is 5.32 Å². The van der Waals surface area contributed by atoms with Gasteiger partial charge in [0.2, 0.25) is 5.91 Å². The highest BCUT2D eigenvalue weighted by atomic mass is 32.2. The average molecular weight is 188 g/mol. The molecule has 0 radical (unpaired) electrons. The summed E-state index contributed by atoms with van der Waals surface area (Å²) in [6.07, 6.45) is 2.21. The number of rotatable bonds is 5. The van der Waals surface area contributed by atoms with Crippen LogP contribution in [0.25, 0.3) is 0 Å². The first kappa shape index (κ1) is 11.1. The quantitative estimate of drug-likeness (QED) is 0.607. The molecule has 1 amide bonds. The lowest BCUT2D eigenvalue weighted by molar-refractivity contribution is -0.120. The van der Waals surface area contributed by atoms with Gasteiger partial charge in [0.25, 0.3) is 0 Å². The molecule has 68 valence electrons. The fraction of sp³-hybridized carbons (Fsp3) is 0.714. The molecule has 0 bridgehead atoms. The monoisotopic (exact) mass is 188 g/mol. The fourth-order valence-corrected chi connectivity index (χ4v) is 1.19. The Morgan fingerprint density at radius 3 is 2.83 bits per heavy atom. The molecule has 0 aromatic carbocycles. The van der Waals surface area contributed by atoms with Crippen LogP contribution in [-0.2, 0) is 15.6 Å². The van der Waals surface area contributed by atoms with E-state index in [9.17, 15) is 9.00 Å². The Labute approximate surface area is 74.4 Å². The van der Waals surface area contributed by atoms with Crippen molar-refractivity contribution < 1.29 is 9.00 Å². The predicted octanol–water partition coefficient (Wildman–Crippen LogP) is -0.215. The third-order valence-corrected chi connectivity index (χ3v) is 2.03. The molecule has 0 saturated carbocycles. The summed E-state index contributed by atoms with van der Waals surface area (Å²) in [5.74, 6) is 0.326. The molecule has 4 nitrogen and oxygen atoms in total. The van der Waals surface area contributed by atoms with Crippen molar-refractivity contribution >= 4 is 16.7 Å². The van der Waals surface area contributed by atoms with E-state index >= 15 is 0 Å². The highest BCUT2D eigenvalue weighted by Gasteiger charge is 1.98. The second-order valence-corrected chi connectivity index (χ2v) is 3.87. The summed E-state index contributed by atoms with van der Waals surface area (Å²) >= 11 is 0. The summed E-state index contributed by atoms with van der Waals surface area (Å²) < 4.78 is 10.6. The molecule has 1 N–H and O–H groups in total. The van der Waals surface area contributed by atoms with E-state index in [-0.39, 0.29) is 12.3 Å². The summed E-state index contributed by atoms with van der Waals surface area (Å²) in [7, 11) is -0.800. The smallest absolute Gasteiger partial charge is 0.234 e. The molecular formula is C7H12N2O2S. The molecule has 1 atom stereocenters. The summed E-state index contributed by atoms with van der Waals surface area (Å²) in [5, 5.41) is 10.7. The van der Waals surface area contributed by atoms with Crippen LogP contribution in [0.15, 0.2) is 0 Å². The van der Waals surface area contributed by atoms with E-state index in [2.05, 4.69) is 5.32 Å². The molecule has 1 unspecified atom stereocenters. The number of nitriles is 1. The lowest BCUT2D eigenvalue weighted by Gasteiger charge is -2.00. The van der Waals surface area contributed by atoms with E-state index < -0.39 is 10.8 Å². The minimum atomic E-state index is -0.800. The molecule has 0 aliphatic rings. The maximum absolute atomic E-state index is 10.7. The number of amides is 1. The number of nitrogens with zero attached hydrogens (tertiary/aromatic N) is 1. The van der Waals surface area contributed by atoms with Gasteiger partial charge in [-0.1, -0.05) is 0 Å². The number of hydrogen-bond donors (Lipinski definition) is 1. The van der Waals surface area contributed by atoms with Crippen LogP contribution in [0.2, 0.25) is 0 Å². The predicted molar refractivity (Wildman–Crippen MR) is 46.8 cm³/mol. The fourth-order valence-electron chi connectivity index (χ4n) is 0.638. The normalized spacial score (nSPS) is 11.7. The second kappa shape index (κ2) is 6.80. The largest absolute Gasteiger partial charge is 0.355 e. The van der Waals surface area contributed by atoms with Crippen LogP contribution in [-0.4, -0.2) is 28.7 Å². The topological polar surface area (TPSA) is 70.0 Å². The van der Waals surface area contributed by atoms with Gasteiger partial charge in [0.15, 0.2) is 0 Å². The molecule has 0 saturated heterocycles. The van der Waals surface area contributed by atoms with Gasteiger partial charge in [0, 0.05) is 29.4 Å². The third kappa shape index (κ3) is 7.22. The molecule has 0 aromatic heterocycles. The van der Waals surface area contributed by atoms with Crippen LogP contribution in [0.4, 0.5) is 0 Å². The highest BCUT2D eigenvalue weighted by Crippen LogP contribution is 1.82. The van der Waals surface area contributed by atoms with Gasteiger partial charge in [-0.25, -0.2) is 0 Å². The highest BCUT2D eigenvalue weighted by molar-refractivity contribution is 7.84. The zero-order valence-corrected chi connectivity index (χ0v) is 7.82. The van der Waals surface area contributed by atoms with E-state index in [0.717, 1.165) is 0 Å². The van der Waals surface area contributed by atoms with Crippen LogP contribution in [0.1, 0.15) is 12.8 Å². The molecular weight excluding hydrogens is 176 g/mol. The minimum Gasteiger partial charge on any atom is -0.355 e. The third-order valence-electron chi connectivity index (χ3n) is 1.17. The van der Waals surface area contributed by atoms with Crippen LogP contribution in [0.5, 0.6) is 0 Å². The van der Waals surface area contributed by atoms with Gasteiger partial charge in [-0.3, -0.25) is 9.00 Å². The van der Waals surface area contributed by atoms with Crippen molar-refractivity contribution in [3.63, 3.8) is 0 Å². The van der Waals surface area contributed by atoms with Gasteiger partial charge in [-0.05, 0) is 6.42 Å². The van der Waals surface area contributed by atoms with Gasteiger partial charge in [0.1, 0.15) is 6.42 Å². The van der Waals surface area contributed by atoms with Gasteiger partial charge < -0.3 is 5.32 Å². The van der Waals surface area contributed by atoms with Gasteiger partial charge in [-0.2, -0.15) is 5.26 Å². The zero-order valence-electron chi connectivity index (χ0n) is 7.00. The minimum absolute atomic E-state index is 0.102. The molecule has 0 aliphatic heterocycles. The van der Waals surface area contributed by atoms with Gasteiger partial charge in [-0.15, -0.1) is 0 Å². The number of carbonyl (C=O) groups excluding carboxylic acids is 1. The zero-order chi connectivity index (χ0) is 9.40. The summed E-state index contributed by atoms with van der Waals surface area (Å²) in [5.41, 5.74) is 0. The van der Waals surface area contributed by atoms with Crippen LogP contribution >= 0.6 is 0 Å². The van der Waals surface area contributed by atoms with Gasteiger partial charge in [0.05, 0.1) is 6.07 Å². The lowest BCUT2D eigenvalue weighted by atomic mass is 10.4. The van der Waals surface area contributed by atoms with Crippen molar-refractivity contribution in [1.29, 1.82) is 5.26 Å². The lowest BCUT2D eigenvalue weighted by Crippen LogP contribution is -2.24. The molecule has 0 fully saturated rings. The summed E-state index contributed by atoms with van der Waals surface area (Å²) in [4.78, 5) is 10.7. The van der Waals surface area contributed by atoms with Crippen molar-refractivity contribution in [2.24, 2.45) is 0 Å². The van der Waals surface area contributed by atoms with E-state index in [4.69, 9.17) is 5.26 Å². The van der Waals surface area contributed by atoms with Gasteiger partial charge >= 0.3 is 0 Å². The molecule has 12 heavy (non-hydrogen) atoms. The Balaban J connectivity index is 3.27. The molecule has 0 rings (SSSR count). The maximum Gasteiger partial charge on any atom is 0.234 e. The molecule has 0 aliphatic carbocycles. The second-order valence-electron chi connectivity index (χ2n) is 2.32. The Morgan fingerprint density at radius 1 is 1.67 bits per heavy atom. The first-order valence-corrected chi connectivity index (χ1v) is 5.33. The number of hydrogen-bond acceptors (Lipinski definition) is 3. The van der Waals surface area contributed by atoms with Crippen molar-refractivity contribution in [2.45, 2.75) is 12.8 Å². The Kier molecular flexibility index (Phi) is 6.29. The Morgan fingerprint density at radius 2 is 2.33 bits per heavy atom. The molecule has 0 aromatic rings. The van der Waals surface area contributed by atoms with Crippen LogP contribution in [0, 0.1) is 11.3 Å². The first-order valence-electron chi connectivity index (χ1n) is 3.60. The average Bonchev–Trinajstić information content (AvgIpc) is 1.98. The van der Waals surface area contributed by atoms with E-state index in [0.29, 0.717) is 18.7 Å². The van der Waals surface area contributed by atoms with Crippen molar-refractivity contribution in [3.8, 4) is 6.07 Å².